The van der Waals surface area contributed by atoms with Crippen molar-refractivity contribution in [2.24, 2.45) is 0 Å². The molecule has 4 aromatic carbocycles. The number of carbonyl (C=O) groups is 2. The third-order valence-corrected chi connectivity index (χ3v) is 10.7. The van der Waals surface area contributed by atoms with Crippen LogP contribution in [0.5, 0.6) is 0 Å². The van der Waals surface area contributed by atoms with Gasteiger partial charge in [0.05, 0.1) is 23.5 Å². The molecule has 0 aromatic heterocycles. The minimum Gasteiger partial charge on any atom is -0.326 e. The van der Waals surface area contributed by atoms with Crippen LogP contribution in [0.2, 0.25) is 10.0 Å². The van der Waals surface area contributed by atoms with E-state index in [9.17, 15) is 18.0 Å². The summed E-state index contributed by atoms with van der Waals surface area (Å²) < 4.78 is 30.0. The van der Waals surface area contributed by atoms with Crippen molar-refractivity contribution in [3.05, 3.63) is 135 Å². The van der Waals surface area contributed by atoms with E-state index in [4.69, 9.17) is 28.0 Å². The van der Waals surface area contributed by atoms with Gasteiger partial charge in [-0.15, -0.1) is 0 Å². The molecule has 2 aliphatic rings. The average molecular weight is 679 g/mol. The first kappa shape index (κ1) is 32.2. The van der Waals surface area contributed by atoms with E-state index in [2.05, 4.69) is 10.2 Å². The van der Waals surface area contributed by atoms with Gasteiger partial charge in [-0.05, 0) is 59.9 Å². The zero-order valence-electron chi connectivity index (χ0n) is 24.8. The van der Waals surface area contributed by atoms with Crippen molar-refractivity contribution in [1.82, 2.24) is 15.1 Å². The molecule has 8 nitrogen and oxygen atoms in total. The number of hydrogen-bond donors (Lipinski definition) is 2. The van der Waals surface area contributed by atoms with Crippen molar-refractivity contribution >= 4 is 45.0 Å². The Morgan fingerprint density at radius 3 is 2.26 bits per heavy atom. The summed E-state index contributed by atoms with van der Waals surface area (Å²) >= 11 is 13.1. The maximum atomic E-state index is 14.5. The highest BCUT2D eigenvalue weighted by Crippen LogP contribution is 2.48. The topological polar surface area (TPSA) is 105 Å². The largest absolute Gasteiger partial charge is 0.326 e. The lowest BCUT2D eigenvalue weighted by molar-refractivity contribution is -0.138. The number of nitrogens with one attached hydrogen (secondary N) is 2. The Kier molecular flexibility index (Phi) is 9.77. The second kappa shape index (κ2) is 13.9. The summed E-state index contributed by atoms with van der Waals surface area (Å²) in [5.41, 5.74) is 4.91. The fourth-order valence-electron chi connectivity index (χ4n) is 6.55. The molecule has 2 N–H and O–H groups in total. The number of nitrogens with zero attached hydrogens (tertiary/aromatic N) is 1. The molecule has 11 heteroatoms. The molecule has 46 heavy (non-hydrogen) atoms. The number of rotatable bonds is 9. The Morgan fingerprint density at radius 2 is 1.52 bits per heavy atom. The normalized spacial score (nSPS) is 21.4. The summed E-state index contributed by atoms with van der Waals surface area (Å²) in [7, 11) is -3.90. The van der Waals surface area contributed by atoms with Crippen LogP contribution in [0.1, 0.15) is 64.7 Å². The van der Waals surface area contributed by atoms with Crippen molar-refractivity contribution in [1.29, 1.82) is 0 Å². The minimum atomic E-state index is -3.90. The lowest BCUT2D eigenvalue weighted by Crippen LogP contribution is -2.59. The Morgan fingerprint density at radius 1 is 0.848 bits per heavy atom. The Bertz CT molecular complexity index is 1820. The lowest BCUT2D eigenvalue weighted by atomic mass is 9.76. The summed E-state index contributed by atoms with van der Waals surface area (Å²) in [6, 6.07) is 27.5. The smallest absolute Gasteiger partial charge is 0.255 e. The first-order chi connectivity index (χ1) is 22.2. The van der Waals surface area contributed by atoms with Gasteiger partial charge in [-0.1, -0.05) is 109 Å². The average Bonchev–Trinajstić information content (AvgIpc) is 3.06. The van der Waals surface area contributed by atoms with Crippen molar-refractivity contribution in [3.8, 4) is 0 Å². The molecule has 1 saturated carbocycles. The number of fused-ring (bicyclic) bond motifs is 1. The van der Waals surface area contributed by atoms with E-state index in [-0.39, 0.29) is 22.4 Å². The van der Waals surface area contributed by atoms with Gasteiger partial charge in [-0.2, -0.15) is 0 Å². The van der Waals surface area contributed by atoms with Gasteiger partial charge in [-0.25, -0.2) is 18.6 Å². The van der Waals surface area contributed by atoms with E-state index >= 15 is 0 Å². The van der Waals surface area contributed by atoms with Crippen LogP contribution in [0.25, 0.3) is 0 Å². The monoisotopic (exact) mass is 677 g/mol. The van der Waals surface area contributed by atoms with Crippen molar-refractivity contribution in [2.45, 2.75) is 61.2 Å². The second-order valence-corrected chi connectivity index (χ2v) is 14.1. The van der Waals surface area contributed by atoms with Gasteiger partial charge in [0.2, 0.25) is 10.0 Å². The van der Waals surface area contributed by atoms with E-state index in [1.807, 2.05) is 30.3 Å². The Balaban J connectivity index is 1.42. The quantitative estimate of drug-likeness (QED) is 0.189. The summed E-state index contributed by atoms with van der Waals surface area (Å²) in [4.78, 5) is 36.2. The molecule has 6 rings (SSSR count). The van der Waals surface area contributed by atoms with Crippen molar-refractivity contribution in [2.75, 3.05) is 0 Å². The summed E-state index contributed by atoms with van der Waals surface area (Å²) in [5.74, 6) is -1.71. The molecule has 1 aliphatic carbocycles. The number of hydrogen-bond acceptors (Lipinski definition) is 5. The van der Waals surface area contributed by atoms with Crippen LogP contribution in [-0.2, 0) is 26.3 Å². The highest BCUT2D eigenvalue weighted by molar-refractivity contribution is 7.89. The molecule has 4 atom stereocenters. The van der Waals surface area contributed by atoms with Gasteiger partial charge < -0.3 is 4.90 Å². The maximum Gasteiger partial charge on any atom is 0.255 e. The zero-order valence-corrected chi connectivity index (χ0v) is 27.1. The fourth-order valence-corrected chi connectivity index (χ4v) is 8.39. The lowest BCUT2D eigenvalue weighted by Gasteiger charge is -2.49. The molecule has 1 fully saturated rings. The Labute approximate surface area is 278 Å². The molecule has 0 unspecified atom stereocenters. The zero-order chi connectivity index (χ0) is 32.3. The van der Waals surface area contributed by atoms with Gasteiger partial charge >= 0.3 is 0 Å². The number of halogens is 2. The van der Waals surface area contributed by atoms with Crippen LogP contribution in [-0.4, -0.2) is 37.2 Å². The third-order valence-electron chi connectivity index (χ3n) is 8.64. The summed E-state index contributed by atoms with van der Waals surface area (Å²) in [5, 5.41) is 0.691. The maximum absolute atomic E-state index is 14.5. The van der Waals surface area contributed by atoms with Crippen LogP contribution < -0.4 is 10.2 Å². The van der Waals surface area contributed by atoms with Gasteiger partial charge in [0, 0.05) is 27.7 Å². The number of carbonyl (C=O) groups excluding carboxylic acids is 2. The van der Waals surface area contributed by atoms with Crippen LogP contribution in [0.4, 0.5) is 0 Å². The summed E-state index contributed by atoms with van der Waals surface area (Å²) in [6.45, 7) is 0.141. The predicted octanol–water partition coefficient (Wildman–Crippen LogP) is 6.81. The number of amides is 2. The molecule has 0 spiro atoms. The highest BCUT2D eigenvalue weighted by Gasteiger charge is 2.49. The first-order valence-electron chi connectivity index (χ1n) is 15.1. The van der Waals surface area contributed by atoms with E-state index in [1.165, 1.54) is 12.1 Å². The van der Waals surface area contributed by atoms with E-state index in [1.54, 1.807) is 65.6 Å². The van der Waals surface area contributed by atoms with Crippen molar-refractivity contribution in [3.63, 3.8) is 0 Å². The first-order valence-corrected chi connectivity index (χ1v) is 17.4. The molecule has 238 valence electrons. The van der Waals surface area contributed by atoms with Gasteiger partial charge in [0.1, 0.15) is 0 Å². The highest BCUT2D eigenvalue weighted by atomic mass is 35.5. The summed E-state index contributed by atoms with van der Waals surface area (Å²) in [6.07, 6.45) is 2.59. The molecule has 0 bridgehead atoms. The number of benzene rings is 4. The number of hydroxylamine groups is 1. The molecule has 4 aromatic rings. The fraction of sp³-hybridized carbons (Fsp3) is 0.257. The van der Waals surface area contributed by atoms with E-state index in [0.29, 0.717) is 34.6 Å². The van der Waals surface area contributed by atoms with E-state index < -0.39 is 40.0 Å². The van der Waals surface area contributed by atoms with Gasteiger partial charge in [0.25, 0.3) is 11.8 Å². The second-order valence-electron chi connectivity index (χ2n) is 11.5. The molecular formula is C35H33Cl2N3O5S. The number of sulfonamides is 1. The minimum absolute atomic E-state index is 0.139. The molecule has 0 radical (unpaired) electrons. The van der Waals surface area contributed by atoms with Crippen LogP contribution in [0.15, 0.2) is 108 Å². The predicted molar refractivity (Wildman–Crippen MR) is 177 cm³/mol. The SMILES string of the molecule is O=C(NOCc1ccccc1)[C@@H]1c2ccccc2C(=O)N([C@H]2CCCC[C@@H]2NS(=O)(=O)c2ccccc2)[C@H]1c1ccc(Cl)cc1Cl. The van der Waals surface area contributed by atoms with Crippen molar-refractivity contribution < 1.29 is 22.8 Å². The van der Waals surface area contributed by atoms with Crippen LogP contribution in [0.3, 0.4) is 0 Å². The van der Waals surface area contributed by atoms with Gasteiger partial charge in [-0.3, -0.25) is 14.4 Å². The Hall–Kier alpha value is -3.73. The third kappa shape index (κ3) is 6.70. The van der Waals surface area contributed by atoms with Crippen LogP contribution in [0, 0.1) is 0 Å². The standard InChI is InChI=1S/C35H33Cl2N3O5S/c36-24-19-20-28(29(37)21-24)33-32(34(41)38-45-22-23-11-3-1-4-12-23)26-15-7-8-16-27(26)35(42)40(33)31-18-10-9-17-30(31)39-46(43,44)25-13-5-2-6-14-25/h1-8,11-16,19-21,30-33,39H,9-10,17-18,22H2,(H,38,41)/t30-,31-,32+,33-/m0/s1. The van der Waals surface area contributed by atoms with E-state index in [0.717, 1.165) is 18.4 Å². The molecule has 1 aliphatic heterocycles. The van der Waals surface area contributed by atoms with Gasteiger partial charge in [0.15, 0.2) is 0 Å². The molecule has 1 heterocycles. The molecule has 0 saturated heterocycles. The van der Waals surface area contributed by atoms with Crippen LogP contribution >= 0.6 is 23.2 Å². The molecular weight excluding hydrogens is 645 g/mol. The molecule has 2 amide bonds.